The van der Waals surface area contributed by atoms with Gasteiger partial charge < -0.3 is 20.1 Å². The third kappa shape index (κ3) is 6.21. The lowest BCUT2D eigenvalue weighted by molar-refractivity contribution is -0.121. The predicted molar refractivity (Wildman–Crippen MR) is 98.3 cm³/mol. The van der Waals surface area contributed by atoms with Crippen molar-refractivity contribution in [2.45, 2.75) is 38.6 Å². The van der Waals surface area contributed by atoms with Crippen molar-refractivity contribution in [1.29, 1.82) is 0 Å². The Morgan fingerprint density at radius 1 is 1.33 bits per heavy atom. The highest BCUT2D eigenvalue weighted by molar-refractivity contribution is 5.85. The molecule has 2 unspecified atom stereocenters. The fourth-order valence-electron chi connectivity index (χ4n) is 3.06. The van der Waals surface area contributed by atoms with Crippen molar-refractivity contribution in [3.8, 4) is 11.5 Å². The molecule has 2 atom stereocenters. The maximum absolute atomic E-state index is 12.0. The monoisotopic (exact) mass is 356 g/mol. The number of carbonyl (C=O) groups excluding carboxylic acids is 1. The Morgan fingerprint density at radius 3 is 2.71 bits per heavy atom. The van der Waals surface area contributed by atoms with Crippen molar-refractivity contribution < 1.29 is 14.3 Å². The number of amides is 1. The number of hydrogen-bond donors (Lipinski definition) is 2. The molecular weight excluding hydrogens is 328 g/mol. The zero-order valence-corrected chi connectivity index (χ0v) is 15.6. The summed E-state index contributed by atoms with van der Waals surface area (Å²) < 4.78 is 10.6. The molecule has 6 heteroatoms. The number of benzene rings is 1. The van der Waals surface area contributed by atoms with E-state index in [2.05, 4.69) is 10.6 Å². The van der Waals surface area contributed by atoms with Crippen molar-refractivity contribution >= 4 is 18.3 Å². The van der Waals surface area contributed by atoms with E-state index in [1.54, 1.807) is 14.2 Å². The molecule has 0 radical (unpaired) electrons. The van der Waals surface area contributed by atoms with Gasteiger partial charge in [-0.2, -0.15) is 0 Å². The molecule has 0 saturated carbocycles. The second kappa shape index (κ2) is 10.4. The first-order valence-electron chi connectivity index (χ1n) is 8.33. The molecule has 1 aliphatic rings. The minimum Gasteiger partial charge on any atom is -0.493 e. The number of rotatable bonds is 8. The van der Waals surface area contributed by atoms with Gasteiger partial charge >= 0.3 is 0 Å². The van der Waals surface area contributed by atoms with Gasteiger partial charge in [-0.05, 0) is 62.9 Å². The van der Waals surface area contributed by atoms with Crippen LogP contribution in [0.15, 0.2) is 18.2 Å². The summed E-state index contributed by atoms with van der Waals surface area (Å²) in [6.45, 7) is 4.17. The van der Waals surface area contributed by atoms with Crippen LogP contribution in [0.1, 0.15) is 31.7 Å². The average molecular weight is 357 g/mol. The highest BCUT2D eigenvalue weighted by atomic mass is 35.5. The van der Waals surface area contributed by atoms with Crippen LogP contribution in [0.3, 0.4) is 0 Å². The molecule has 1 saturated heterocycles. The van der Waals surface area contributed by atoms with Crippen LogP contribution in [0, 0.1) is 5.92 Å². The lowest BCUT2D eigenvalue weighted by Crippen LogP contribution is -2.34. The van der Waals surface area contributed by atoms with Crippen LogP contribution >= 0.6 is 12.4 Å². The van der Waals surface area contributed by atoms with Crippen LogP contribution in [-0.2, 0) is 11.2 Å². The number of ether oxygens (including phenoxy) is 2. The topological polar surface area (TPSA) is 59.6 Å². The number of carbonyl (C=O) groups is 1. The fourth-order valence-corrected chi connectivity index (χ4v) is 3.06. The summed E-state index contributed by atoms with van der Waals surface area (Å²) >= 11 is 0. The van der Waals surface area contributed by atoms with Gasteiger partial charge in [-0.15, -0.1) is 12.4 Å². The standard InChI is InChI=1S/C18H28N2O3.ClH/c1-13(20-18(21)7-5-14-8-9-19-12-14)10-15-4-6-16(22-2)17(11-15)23-3;/h4,6,11,13-14,19H,5,7-10,12H2,1-3H3,(H,20,21);1H. The van der Waals surface area contributed by atoms with Crippen LogP contribution in [0.5, 0.6) is 11.5 Å². The van der Waals surface area contributed by atoms with Crippen LogP contribution in [-0.4, -0.2) is 39.3 Å². The van der Waals surface area contributed by atoms with Crippen molar-refractivity contribution in [3.05, 3.63) is 23.8 Å². The molecule has 24 heavy (non-hydrogen) atoms. The first-order chi connectivity index (χ1) is 11.1. The predicted octanol–water partition coefficient (Wildman–Crippen LogP) is 2.56. The van der Waals surface area contributed by atoms with E-state index in [-0.39, 0.29) is 24.4 Å². The van der Waals surface area contributed by atoms with Gasteiger partial charge in [-0.1, -0.05) is 6.07 Å². The summed E-state index contributed by atoms with van der Waals surface area (Å²) in [4.78, 5) is 12.0. The van der Waals surface area contributed by atoms with Crippen LogP contribution in [0.4, 0.5) is 0 Å². The largest absolute Gasteiger partial charge is 0.493 e. The van der Waals surface area contributed by atoms with Gasteiger partial charge in [-0.3, -0.25) is 4.79 Å². The Bertz CT molecular complexity index is 519. The Labute approximate surface area is 150 Å². The minimum absolute atomic E-state index is 0. The first-order valence-corrected chi connectivity index (χ1v) is 8.33. The Morgan fingerprint density at radius 2 is 2.08 bits per heavy atom. The summed E-state index contributed by atoms with van der Waals surface area (Å²) in [5.74, 6) is 2.24. The quantitative estimate of drug-likeness (QED) is 0.751. The Balaban J connectivity index is 0.00000288. The molecule has 2 rings (SSSR count). The van der Waals surface area contributed by atoms with E-state index >= 15 is 0 Å². The molecule has 0 spiro atoms. The van der Waals surface area contributed by atoms with Crippen molar-refractivity contribution in [2.75, 3.05) is 27.3 Å². The summed E-state index contributed by atoms with van der Waals surface area (Å²) in [5.41, 5.74) is 1.12. The van der Waals surface area contributed by atoms with Crippen LogP contribution in [0.25, 0.3) is 0 Å². The van der Waals surface area contributed by atoms with Crippen molar-refractivity contribution in [2.24, 2.45) is 5.92 Å². The van der Waals surface area contributed by atoms with Gasteiger partial charge in [0.15, 0.2) is 11.5 Å². The fraction of sp³-hybridized carbons (Fsp3) is 0.611. The number of hydrogen-bond acceptors (Lipinski definition) is 4. The highest BCUT2D eigenvalue weighted by Crippen LogP contribution is 2.28. The molecule has 0 aliphatic carbocycles. The summed E-state index contributed by atoms with van der Waals surface area (Å²) in [5, 5.41) is 6.42. The van der Waals surface area contributed by atoms with Gasteiger partial charge in [0.05, 0.1) is 14.2 Å². The minimum atomic E-state index is 0. The zero-order chi connectivity index (χ0) is 16.7. The summed E-state index contributed by atoms with van der Waals surface area (Å²) in [6, 6.07) is 5.97. The molecule has 1 amide bonds. The molecule has 2 N–H and O–H groups in total. The zero-order valence-electron chi connectivity index (χ0n) is 14.8. The van der Waals surface area contributed by atoms with E-state index in [4.69, 9.17) is 9.47 Å². The third-order valence-corrected chi connectivity index (χ3v) is 4.34. The van der Waals surface area contributed by atoms with E-state index in [1.165, 1.54) is 6.42 Å². The van der Waals surface area contributed by atoms with Crippen molar-refractivity contribution in [1.82, 2.24) is 10.6 Å². The van der Waals surface area contributed by atoms with E-state index in [0.717, 1.165) is 43.0 Å². The number of methoxy groups -OCH3 is 2. The molecule has 1 aromatic carbocycles. The SMILES string of the molecule is COc1ccc(CC(C)NC(=O)CCC2CCNC2)cc1OC.Cl. The molecule has 0 bridgehead atoms. The van der Waals surface area contributed by atoms with E-state index in [9.17, 15) is 4.79 Å². The summed E-state index contributed by atoms with van der Waals surface area (Å²) in [6.07, 6.45) is 3.55. The average Bonchev–Trinajstić information content (AvgIpc) is 3.06. The molecular formula is C18H29ClN2O3. The Hall–Kier alpha value is -1.46. The van der Waals surface area contributed by atoms with Gasteiger partial charge in [-0.25, -0.2) is 0 Å². The number of halogens is 1. The van der Waals surface area contributed by atoms with Gasteiger partial charge in [0.2, 0.25) is 5.91 Å². The molecule has 1 aromatic rings. The van der Waals surface area contributed by atoms with Gasteiger partial charge in [0, 0.05) is 12.5 Å². The first kappa shape index (κ1) is 20.6. The molecule has 1 fully saturated rings. The third-order valence-electron chi connectivity index (χ3n) is 4.34. The maximum Gasteiger partial charge on any atom is 0.220 e. The maximum atomic E-state index is 12.0. The lowest BCUT2D eigenvalue weighted by Gasteiger charge is -2.16. The second-order valence-electron chi connectivity index (χ2n) is 6.26. The molecule has 0 aromatic heterocycles. The highest BCUT2D eigenvalue weighted by Gasteiger charge is 2.16. The van der Waals surface area contributed by atoms with Gasteiger partial charge in [0.1, 0.15) is 0 Å². The van der Waals surface area contributed by atoms with E-state index in [1.807, 2.05) is 25.1 Å². The van der Waals surface area contributed by atoms with Crippen LogP contribution < -0.4 is 20.1 Å². The number of nitrogens with one attached hydrogen (secondary N) is 2. The smallest absolute Gasteiger partial charge is 0.220 e. The lowest BCUT2D eigenvalue weighted by atomic mass is 10.0. The second-order valence-corrected chi connectivity index (χ2v) is 6.26. The van der Waals surface area contributed by atoms with Gasteiger partial charge in [0.25, 0.3) is 0 Å². The van der Waals surface area contributed by atoms with E-state index in [0.29, 0.717) is 12.3 Å². The van der Waals surface area contributed by atoms with E-state index < -0.39 is 0 Å². The van der Waals surface area contributed by atoms with Crippen molar-refractivity contribution in [3.63, 3.8) is 0 Å². The van der Waals surface area contributed by atoms with Crippen LogP contribution in [0.2, 0.25) is 0 Å². The molecule has 1 heterocycles. The normalized spacial score (nSPS) is 17.7. The Kier molecular flexibility index (Phi) is 8.93. The molecule has 5 nitrogen and oxygen atoms in total. The molecule has 136 valence electrons. The molecule has 1 aliphatic heterocycles. The summed E-state index contributed by atoms with van der Waals surface area (Å²) in [7, 11) is 3.25.